The smallest absolute Gasteiger partial charge is 0.193 e. The lowest BCUT2D eigenvalue weighted by atomic mass is 9.99. The number of nitrogens with zero attached hydrogens (tertiary/aromatic N) is 4. The first-order valence-electron chi connectivity index (χ1n) is 9.29. The molecule has 3 rings (SSSR count). The monoisotopic (exact) mass is 355 g/mol. The number of piperazine rings is 1. The van der Waals surface area contributed by atoms with E-state index in [-0.39, 0.29) is 0 Å². The van der Waals surface area contributed by atoms with Gasteiger partial charge in [-0.2, -0.15) is 0 Å². The van der Waals surface area contributed by atoms with Gasteiger partial charge in [0.05, 0.1) is 5.69 Å². The van der Waals surface area contributed by atoms with E-state index in [0.717, 1.165) is 50.9 Å². The maximum atomic E-state index is 4.91. The van der Waals surface area contributed by atoms with Crippen LogP contribution >= 0.6 is 0 Å². The van der Waals surface area contributed by atoms with E-state index < -0.39 is 0 Å². The zero-order chi connectivity index (χ0) is 18.4. The molecule has 0 saturated carbocycles. The fourth-order valence-electron chi connectivity index (χ4n) is 3.34. The number of hydrogen-bond donors (Lipinski definition) is 1. The van der Waals surface area contributed by atoms with Crippen LogP contribution in [0.25, 0.3) is 0 Å². The van der Waals surface area contributed by atoms with E-state index in [1.54, 1.807) is 6.26 Å². The second-order valence-electron chi connectivity index (χ2n) is 7.00. The van der Waals surface area contributed by atoms with Crippen LogP contribution in [0.4, 0.5) is 0 Å². The van der Waals surface area contributed by atoms with Crippen LogP contribution < -0.4 is 5.32 Å². The second kappa shape index (κ2) is 8.85. The molecular formula is C20H29N5O. The number of benzene rings is 1. The highest BCUT2D eigenvalue weighted by atomic mass is 16.5. The lowest BCUT2D eigenvalue weighted by Crippen LogP contribution is -2.52. The molecule has 1 saturated heterocycles. The van der Waals surface area contributed by atoms with Crippen molar-refractivity contribution >= 4 is 5.96 Å². The molecule has 1 N–H and O–H groups in total. The van der Waals surface area contributed by atoms with Crippen LogP contribution in [0.2, 0.25) is 0 Å². The summed E-state index contributed by atoms with van der Waals surface area (Å²) >= 11 is 0. The molecule has 1 aliphatic heterocycles. The maximum absolute atomic E-state index is 4.91. The van der Waals surface area contributed by atoms with Crippen molar-refractivity contribution in [3.05, 3.63) is 53.4 Å². The lowest BCUT2D eigenvalue weighted by Gasteiger charge is -2.36. The molecule has 0 radical (unpaired) electrons. The predicted octanol–water partition coefficient (Wildman–Crippen LogP) is 2.48. The molecule has 1 aromatic carbocycles. The Morgan fingerprint density at radius 3 is 2.73 bits per heavy atom. The molecule has 26 heavy (non-hydrogen) atoms. The highest BCUT2D eigenvalue weighted by Crippen LogP contribution is 2.15. The molecule has 0 bridgehead atoms. The van der Waals surface area contributed by atoms with Crippen molar-refractivity contribution in [2.24, 2.45) is 4.99 Å². The van der Waals surface area contributed by atoms with Gasteiger partial charge in [-0.05, 0) is 18.4 Å². The quantitative estimate of drug-likeness (QED) is 0.660. The molecule has 2 heterocycles. The van der Waals surface area contributed by atoms with Gasteiger partial charge in [-0.3, -0.25) is 9.89 Å². The van der Waals surface area contributed by atoms with E-state index in [0.29, 0.717) is 5.92 Å². The summed E-state index contributed by atoms with van der Waals surface area (Å²) in [6.07, 6.45) is 1.63. The van der Waals surface area contributed by atoms with Crippen molar-refractivity contribution in [2.75, 3.05) is 39.8 Å². The number of aromatic nitrogens is 1. The first-order valence-corrected chi connectivity index (χ1v) is 9.29. The molecule has 2 aromatic rings. The zero-order valence-electron chi connectivity index (χ0n) is 16.0. The van der Waals surface area contributed by atoms with E-state index in [9.17, 15) is 0 Å². The Bertz CT molecular complexity index is 705. The van der Waals surface area contributed by atoms with Gasteiger partial charge in [0.15, 0.2) is 5.96 Å². The van der Waals surface area contributed by atoms with Crippen LogP contribution in [0.15, 0.2) is 46.1 Å². The van der Waals surface area contributed by atoms with Crippen molar-refractivity contribution in [2.45, 2.75) is 26.3 Å². The van der Waals surface area contributed by atoms with Gasteiger partial charge in [-0.1, -0.05) is 41.9 Å². The molecule has 0 amide bonds. The SMILES string of the molecule is CN=C(NCC(C)c1cccc(C)c1)N1CCN(Cc2ccon2)CC1. The second-order valence-corrected chi connectivity index (χ2v) is 7.00. The minimum absolute atomic E-state index is 0.445. The largest absolute Gasteiger partial charge is 0.364 e. The first kappa shape index (κ1) is 18.5. The van der Waals surface area contributed by atoms with Gasteiger partial charge in [0, 0.05) is 52.4 Å². The standard InChI is InChI=1S/C20H29N5O/c1-16-5-4-6-18(13-16)17(2)14-22-20(21-3)25-10-8-24(9-11-25)15-19-7-12-26-23-19/h4-7,12-13,17H,8-11,14-15H2,1-3H3,(H,21,22). The Morgan fingerprint density at radius 2 is 2.08 bits per heavy atom. The third kappa shape index (κ3) is 4.85. The molecule has 6 nitrogen and oxygen atoms in total. The van der Waals surface area contributed by atoms with E-state index in [1.165, 1.54) is 11.1 Å². The summed E-state index contributed by atoms with van der Waals surface area (Å²) in [5, 5.41) is 7.55. The minimum Gasteiger partial charge on any atom is -0.364 e. The van der Waals surface area contributed by atoms with Crippen LogP contribution in [-0.2, 0) is 6.54 Å². The summed E-state index contributed by atoms with van der Waals surface area (Å²) < 4.78 is 4.91. The highest BCUT2D eigenvalue weighted by Gasteiger charge is 2.20. The minimum atomic E-state index is 0.445. The van der Waals surface area contributed by atoms with Gasteiger partial charge in [-0.25, -0.2) is 0 Å². The van der Waals surface area contributed by atoms with E-state index in [2.05, 4.69) is 63.4 Å². The lowest BCUT2D eigenvalue weighted by molar-refractivity contribution is 0.169. The Kier molecular flexibility index (Phi) is 6.28. The summed E-state index contributed by atoms with van der Waals surface area (Å²) in [5.41, 5.74) is 3.67. The van der Waals surface area contributed by atoms with Crippen molar-refractivity contribution < 1.29 is 4.52 Å². The van der Waals surface area contributed by atoms with Gasteiger partial charge in [0.25, 0.3) is 0 Å². The van der Waals surface area contributed by atoms with Crippen LogP contribution in [-0.4, -0.2) is 60.7 Å². The van der Waals surface area contributed by atoms with Gasteiger partial charge in [-0.15, -0.1) is 0 Å². The fraction of sp³-hybridized carbons (Fsp3) is 0.500. The molecule has 140 valence electrons. The van der Waals surface area contributed by atoms with E-state index >= 15 is 0 Å². The normalized spacial score (nSPS) is 17.3. The number of hydrogen-bond acceptors (Lipinski definition) is 4. The summed E-state index contributed by atoms with van der Waals surface area (Å²) in [6.45, 7) is 10.1. The Morgan fingerprint density at radius 1 is 1.27 bits per heavy atom. The molecule has 6 heteroatoms. The van der Waals surface area contributed by atoms with Crippen LogP contribution in [0.3, 0.4) is 0 Å². The van der Waals surface area contributed by atoms with Crippen molar-refractivity contribution in [1.29, 1.82) is 0 Å². The number of guanidine groups is 1. The van der Waals surface area contributed by atoms with Crippen molar-refractivity contribution in [1.82, 2.24) is 20.3 Å². The summed E-state index contributed by atoms with van der Waals surface area (Å²) in [4.78, 5) is 9.22. The third-order valence-electron chi connectivity index (χ3n) is 4.94. The summed E-state index contributed by atoms with van der Waals surface area (Å²) in [7, 11) is 1.86. The zero-order valence-corrected chi connectivity index (χ0v) is 16.0. The van der Waals surface area contributed by atoms with Crippen molar-refractivity contribution in [3.63, 3.8) is 0 Å². The molecule has 1 aromatic heterocycles. The predicted molar refractivity (Wildman–Crippen MR) is 104 cm³/mol. The molecular weight excluding hydrogens is 326 g/mol. The van der Waals surface area contributed by atoms with Gasteiger partial charge >= 0.3 is 0 Å². The fourth-order valence-corrected chi connectivity index (χ4v) is 3.34. The molecule has 1 atom stereocenters. The number of rotatable bonds is 5. The summed E-state index contributed by atoms with van der Waals surface area (Å²) in [6, 6.07) is 10.7. The average Bonchev–Trinajstić information content (AvgIpc) is 3.16. The average molecular weight is 355 g/mol. The third-order valence-corrected chi connectivity index (χ3v) is 4.94. The van der Waals surface area contributed by atoms with E-state index in [1.807, 2.05) is 13.1 Å². The van der Waals surface area contributed by atoms with Gasteiger partial charge in [0.2, 0.25) is 0 Å². The van der Waals surface area contributed by atoms with Crippen LogP contribution in [0.5, 0.6) is 0 Å². The Balaban J connectivity index is 1.47. The number of nitrogens with one attached hydrogen (secondary N) is 1. The Labute approximate surface area is 155 Å². The van der Waals surface area contributed by atoms with Gasteiger partial charge < -0.3 is 14.7 Å². The topological polar surface area (TPSA) is 56.9 Å². The first-order chi connectivity index (χ1) is 12.7. The number of aryl methyl sites for hydroxylation is 1. The summed E-state index contributed by atoms with van der Waals surface area (Å²) in [5.74, 6) is 1.44. The molecule has 1 unspecified atom stereocenters. The molecule has 1 fully saturated rings. The molecule has 0 spiro atoms. The number of aliphatic imine (C=N–C) groups is 1. The molecule has 1 aliphatic rings. The van der Waals surface area contributed by atoms with Gasteiger partial charge in [0.1, 0.15) is 6.26 Å². The van der Waals surface area contributed by atoms with E-state index in [4.69, 9.17) is 4.52 Å². The van der Waals surface area contributed by atoms with Crippen LogP contribution in [0, 0.1) is 6.92 Å². The maximum Gasteiger partial charge on any atom is 0.193 e. The molecule has 0 aliphatic carbocycles. The Hall–Kier alpha value is -2.34. The highest BCUT2D eigenvalue weighted by molar-refractivity contribution is 5.80. The van der Waals surface area contributed by atoms with Crippen LogP contribution in [0.1, 0.15) is 29.7 Å². The van der Waals surface area contributed by atoms with Crippen molar-refractivity contribution in [3.8, 4) is 0 Å².